The highest BCUT2D eigenvalue weighted by Crippen LogP contribution is 2.23. The fourth-order valence-corrected chi connectivity index (χ4v) is 1.76. The molecule has 0 unspecified atom stereocenters. The number of rotatable bonds is 4. The lowest BCUT2D eigenvalue weighted by atomic mass is 10.1. The molecular weight excluding hydrogens is 219 g/mol. The van der Waals surface area contributed by atoms with Gasteiger partial charge in [0.05, 0.1) is 5.69 Å². The van der Waals surface area contributed by atoms with Crippen LogP contribution in [0.2, 0.25) is 0 Å². The van der Waals surface area contributed by atoms with E-state index in [1.54, 1.807) is 23.0 Å². The molecule has 2 rings (SSSR count). The van der Waals surface area contributed by atoms with Crippen LogP contribution in [0, 0.1) is 5.82 Å². The van der Waals surface area contributed by atoms with Gasteiger partial charge in [-0.1, -0.05) is 6.92 Å². The van der Waals surface area contributed by atoms with E-state index in [2.05, 4.69) is 5.10 Å². The van der Waals surface area contributed by atoms with E-state index in [0.29, 0.717) is 23.1 Å². The molecule has 0 aliphatic rings. The summed E-state index contributed by atoms with van der Waals surface area (Å²) in [5, 5.41) is 4.14. The Kier molecular flexibility index (Phi) is 3.32. The topological polar surface area (TPSA) is 34.9 Å². The number of hydrogen-bond acceptors (Lipinski definition) is 2. The molecule has 0 amide bonds. The molecule has 0 radical (unpaired) electrons. The Morgan fingerprint density at radius 3 is 2.94 bits per heavy atom. The molecule has 0 saturated carbocycles. The van der Waals surface area contributed by atoms with Gasteiger partial charge in [0.25, 0.3) is 0 Å². The normalized spacial score (nSPS) is 10.5. The van der Waals surface area contributed by atoms with Crippen LogP contribution in [0.5, 0.6) is 0 Å². The van der Waals surface area contributed by atoms with Crippen molar-refractivity contribution in [1.29, 1.82) is 0 Å². The van der Waals surface area contributed by atoms with Crippen molar-refractivity contribution in [2.45, 2.75) is 19.9 Å². The highest BCUT2D eigenvalue weighted by atomic mass is 19.1. The first-order valence-electron chi connectivity index (χ1n) is 5.53. The Labute approximate surface area is 98.9 Å². The summed E-state index contributed by atoms with van der Waals surface area (Å²) in [6.07, 6.45) is 3.27. The summed E-state index contributed by atoms with van der Waals surface area (Å²) in [6, 6.07) is 6.07. The zero-order valence-corrected chi connectivity index (χ0v) is 9.56. The van der Waals surface area contributed by atoms with E-state index in [0.717, 1.165) is 13.0 Å². The van der Waals surface area contributed by atoms with E-state index in [1.807, 2.05) is 6.92 Å². The van der Waals surface area contributed by atoms with Crippen LogP contribution in [0.25, 0.3) is 11.3 Å². The Balaban J connectivity index is 2.51. The van der Waals surface area contributed by atoms with Gasteiger partial charge in [0.1, 0.15) is 12.1 Å². The smallest absolute Gasteiger partial charge is 0.150 e. The molecule has 0 atom stereocenters. The summed E-state index contributed by atoms with van der Waals surface area (Å²) in [5.41, 5.74) is 1.58. The minimum absolute atomic E-state index is 0.339. The molecule has 0 aliphatic carbocycles. The molecule has 0 saturated heterocycles. The molecule has 17 heavy (non-hydrogen) atoms. The van der Waals surface area contributed by atoms with Gasteiger partial charge in [0.15, 0.2) is 0 Å². The van der Waals surface area contributed by atoms with Crippen molar-refractivity contribution in [3.05, 3.63) is 41.8 Å². The van der Waals surface area contributed by atoms with E-state index in [-0.39, 0.29) is 5.82 Å². The number of aryl methyl sites for hydroxylation is 1. The number of nitrogens with zero attached hydrogens (tertiary/aromatic N) is 2. The number of carbonyl (C=O) groups is 1. The van der Waals surface area contributed by atoms with Crippen molar-refractivity contribution >= 4 is 6.29 Å². The average Bonchev–Trinajstić information content (AvgIpc) is 2.78. The monoisotopic (exact) mass is 232 g/mol. The molecule has 1 heterocycles. The lowest BCUT2D eigenvalue weighted by Crippen LogP contribution is -2.02. The summed E-state index contributed by atoms with van der Waals surface area (Å²) in [5.74, 6) is -0.339. The quantitative estimate of drug-likeness (QED) is 0.760. The summed E-state index contributed by atoms with van der Waals surface area (Å²) < 4.78 is 15.5. The highest BCUT2D eigenvalue weighted by molar-refractivity contribution is 5.78. The van der Waals surface area contributed by atoms with Crippen molar-refractivity contribution in [3.8, 4) is 11.3 Å². The molecule has 1 aromatic heterocycles. The minimum Gasteiger partial charge on any atom is -0.298 e. The molecule has 0 bridgehead atoms. The predicted octanol–water partition coefficient (Wildman–Crippen LogP) is 2.91. The molecule has 0 spiro atoms. The van der Waals surface area contributed by atoms with Gasteiger partial charge in [-0.3, -0.25) is 9.48 Å². The zero-order valence-electron chi connectivity index (χ0n) is 9.56. The van der Waals surface area contributed by atoms with Crippen LogP contribution >= 0.6 is 0 Å². The fraction of sp³-hybridized carbons (Fsp3) is 0.231. The summed E-state index contributed by atoms with van der Waals surface area (Å²) in [6.45, 7) is 2.76. The lowest BCUT2D eigenvalue weighted by molar-refractivity contribution is 0.112. The lowest BCUT2D eigenvalue weighted by Gasteiger charge is -2.07. The van der Waals surface area contributed by atoms with Crippen molar-refractivity contribution in [2.24, 2.45) is 0 Å². The molecule has 4 heteroatoms. The Bertz CT molecular complexity index is 534. The van der Waals surface area contributed by atoms with Crippen LogP contribution in [-0.2, 0) is 6.54 Å². The fourth-order valence-electron chi connectivity index (χ4n) is 1.76. The second kappa shape index (κ2) is 4.91. The van der Waals surface area contributed by atoms with Crippen molar-refractivity contribution < 1.29 is 9.18 Å². The minimum atomic E-state index is -0.339. The van der Waals surface area contributed by atoms with Gasteiger partial charge in [0.2, 0.25) is 0 Å². The number of aldehydes is 1. The maximum Gasteiger partial charge on any atom is 0.150 e. The third-order valence-electron chi connectivity index (χ3n) is 2.55. The van der Waals surface area contributed by atoms with Gasteiger partial charge in [0, 0.05) is 23.9 Å². The molecule has 88 valence electrons. The number of hydrogen-bond donors (Lipinski definition) is 0. The first-order valence-corrected chi connectivity index (χ1v) is 5.53. The van der Waals surface area contributed by atoms with Gasteiger partial charge in [-0.25, -0.2) is 4.39 Å². The summed E-state index contributed by atoms with van der Waals surface area (Å²) >= 11 is 0. The zero-order chi connectivity index (χ0) is 12.3. The third-order valence-corrected chi connectivity index (χ3v) is 2.55. The first-order chi connectivity index (χ1) is 8.26. The van der Waals surface area contributed by atoms with Crippen LogP contribution in [0.4, 0.5) is 4.39 Å². The van der Waals surface area contributed by atoms with Gasteiger partial charge >= 0.3 is 0 Å². The Morgan fingerprint density at radius 2 is 2.24 bits per heavy atom. The van der Waals surface area contributed by atoms with Gasteiger partial charge < -0.3 is 0 Å². The molecule has 2 aromatic rings. The number of halogens is 1. The van der Waals surface area contributed by atoms with E-state index in [9.17, 15) is 9.18 Å². The Morgan fingerprint density at radius 1 is 1.41 bits per heavy atom. The van der Waals surface area contributed by atoms with Crippen LogP contribution < -0.4 is 0 Å². The molecule has 1 aromatic carbocycles. The maximum atomic E-state index is 13.7. The largest absolute Gasteiger partial charge is 0.298 e. The molecular formula is C13H13FN2O. The molecule has 0 fully saturated rings. The van der Waals surface area contributed by atoms with Crippen molar-refractivity contribution in [2.75, 3.05) is 0 Å². The number of benzene rings is 1. The average molecular weight is 232 g/mol. The summed E-state index contributed by atoms with van der Waals surface area (Å²) in [7, 11) is 0. The SMILES string of the molecule is CCCn1nccc1-c1cc(C=O)ccc1F. The van der Waals surface area contributed by atoms with Gasteiger partial charge in [-0.2, -0.15) is 5.10 Å². The van der Waals surface area contributed by atoms with Gasteiger partial charge in [-0.15, -0.1) is 0 Å². The molecule has 0 N–H and O–H groups in total. The summed E-state index contributed by atoms with van der Waals surface area (Å²) in [4.78, 5) is 10.7. The molecule has 3 nitrogen and oxygen atoms in total. The van der Waals surface area contributed by atoms with E-state index in [1.165, 1.54) is 12.1 Å². The van der Waals surface area contributed by atoms with Crippen LogP contribution in [0.15, 0.2) is 30.5 Å². The Hall–Kier alpha value is -1.97. The third kappa shape index (κ3) is 2.25. The number of aromatic nitrogens is 2. The van der Waals surface area contributed by atoms with Crippen LogP contribution in [0.3, 0.4) is 0 Å². The van der Waals surface area contributed by atoms with Crippen LogP contribution in [0.1, 0.15) is 23.7 Å². The van der Waals surface area contributed by atoms with Crippen molar-refractivity contribution in [1.82, 2.24) is 9.78 Å². The molecule has 0 aliphatic heterocycles. The standard InChI is InChI=1S/C13H13FN2O/c1-2-7-16-13(5-6-15-16)11-8-10(9-17)3-4-12(11)14/h3-6,8-9H,2,7H2,1H3. The predicted molar refractivity (Wildman–Crippen MR) is 63.3 cm³/mol. The van der Waals surface area contributed by atoms with Gasteiger partial charge in [-0.05, 0) is 30.7 Å². The second-order valence-electron chi connectivity index (χ2n) is 3.80. The number of carbonyl (C=O) groups excluding carboxylic acids is 1. The van der Waals surface area contributed by atoms with E-state index >= 15 is 0 Å². The maximum absolute atomic E-state index is 13.7. The van der Waals surface area contributed by atoms with Crippen LogP contribution in [-0.4, -0.2) is 16.1 Å². The van der Waals surface area contributed by atoms with E-state index < -0.39 is 0 Å². The van der Waals surface area contributed by atoms with E-state index in [4.69, 9.17) is 0 Å². The first kappa shape index (κ1) is 11.5. The second-order valence-corrected chi connectivity index (χ2v) is 3.80. The highest BCUT2D eigenvalue weighted by Gasteiger charge is 2.10. The van der Waals surface area contributed by atoms with Crippen molar-refractivity contribution in [3.63, 3.8) is 0 Å².